The SMILES string of the molecule is CCCCCCCCCCCCC/C=C/[C@@H](O)[C@H](CO[C@@H]1OC(CO)[C@@H](O[C@@H]2OC(CO)[C@H](O[C@@H]3OC(CO)[C@H](O)[C@H](O[C@H]4OC(CO)[C@H](O)[C@H](O[C@H]5OC(CO)[C@H](O)[C@H](O[C@H]6OC(CO)[C@H](O)[C@H](O[C@H]7OC(CO)[C@H](O)[C@H](O[C@H]8OC(CO)[C@H](O)[C@H](O[C@@H]9OC(CO)[C@H](O)[C@H](O)C9NC(C)=O)C8O)C7O)C6O)C5O)C4O)C3O)[C@H](O)C2O)[C@H](O)C1O)NC(=O)CCCCCCCCCCCCCCCCC. The van der Waals surface area contributed by atoms with Crippen molar-refractivity contribution in [1.82, 2.24) is 10.6 Å². The number of ether oxygens (including phenoxy) is 18. The van der Waals surface area contributed by atoms with Crippen molar-refractivity contribution in [1.29, 1.82) is 0 Å². The minimum absolute atomic E-state index is 0.154. The zero-order chi connectivity index (χ0) is 104. The summed E-state index contributed by atoms with van der Waals surface area (Å²) in [6.45, 7) is -4.84. The average Bonchev–Trinajstić information content (AvgIpc) is 0.756. The van der Waals surface area contributed by atoms with E-state index in [4.69, 9.17) is 85.3 Å². The molecule has 9 rings (SSSR count). The predicted octanol–water partition coefficient (Wildman–Crippen LogP) is -9.10. The summed E-state index contributed by atoms with van der Waals surface area (Å²) in [5.41, 5.74) is 0. The van der Waals surface area contributed by atoms with E-state index in [1.807, 2.05) is 6.08 Å². The van der Waals surface area contributed by atoms with Crippen LogP contribution in [0.5, 0.6) is 0 Å². The maximum atomic E-state index is 13.6. The van der Waals surface area contributed by atoms with Crippen molar-refractivity contribution in [3.05, 3.63) is 12.2 Å². The molecule has 0 aromatic rings. The fourth-order valence-electron chi connectivity index (χ4n) is 19.1. The molecule has 50 heteroatoms. The lowest BCUT2D eigenvalue weighted by molar-refractivity contribution is -0.402. The van der Waals surface area contributed by atoms with Gasteiger partial charge in [0.15, 0.2) is 56.6 Å². The quantitative estimate of drug-likeness (QED) is 0.0199. The van der Waals surface area contributed by atoms with Crippen molar-refractivity contribution in [2.45, 2.75) is 489 Å². The van der Waals surface area contributed by atoms with Crippen LogP contribution in [0.3, 0.4) is 0 Å². The number of carbonyl (C=O) groups excluding carboxylic acids is 2. The van der Waals surface area contributed by atoms with Crippen molar-refractivity contribution >= 4 is 11.8 Å². The Morgan fingerprint density at radius 1 is 0.275 bits per heavy atom. The molecule has 9 fully saturated rings. The van der Waals surface area contributed by atoms with Gasteiger partial charge in [0, 0.05) is 13.3 Å². The highest BCUT2D eigenvalue weighted by molar-refractivity contribution is 5.76. The van der Waals surface area contributed by atoms with E-state index >= 15 is 0 Å². The number of hydrogen-bond acceptors (Lipinski definition) is 48. The van der Waals surface area contributed by atoms with Gasteiger partial charge in [0.1, 0.15) is 220 Å². The summed E-state index contributed by atoms with van der Waals surface area (Å²) in [6.07, 6.45) is -59.4. The summed E-state index contributed by atoms with van der Waals surface area (Å²) in [6, 6.07) is -2.75. The number of nitrogens with one attached hydrogen (secondary N) is 2. The molecule has 9 saturated heterocycles. The number of rotatable bonds is 60. The van der Waals surface area contributed by atoms with E-state index in [1.165, 1.54) is 103 Å². The van der Waals surface area contributed by atoms with Crippen LogP contribution in [0.1, 0.15) is 201 Å². The first-order valence-electron chi connectivity index (χ1n) is 50.5. The average molecular weight is 2070 g/mol. The molecule has 0 aliphatic carbocycles. The summed E-state index contributed by atoms with van der Waals surface area (Å²) < 4.78 is 105. The van der Waals surface area contributed by atoms with Gasteiger partial charge >= 0.3 is 0 Å². The van der Waals surface area contributed by atoms with Crippen molar-refractivity contribution < 1.29 is 238 Å². The first kappa shape index (κ1) is 122. The van der Waals surface area contributed by atoms with E-state index in [-0.39, 0.29) is 12.3 Å². The highest BCUT2D eigenvalue weighted by atomic mass is 16.8. The van der Waals surface area contributed by atoms with E-state index in [1.54, 1.807) is 6.08 Å². The lowest BCUT2D eigenvalue weighted by Gasteiger charge is -2.50. The normalized spacial score (nSPS) is 41.8. The van der Waals surface area contributed by atoms with Gasteiger partial charge in [-0.15, -0.1) is 0 Å². The van der Waals surface area contributed by atoms with Crippen LogP contribution in [-0.2, 0) is 94.9 Å². The van der Waals surface area contributed by atoms with Crippen molar-refractivity contribution in [2.75, 3.05) is 66.1 Å². The highest BCUT2D eigenvalue weighted by Gasteiger charge is 2.62. The number of amides is 2. The van der Waals surface area contributed by atoms with Crippen molar-refractivity contribution in [3.8, 4) is 0 Å². The van der Waals surface area contributed by atoms with Gasteiger partial charge in [-0.3, -0.25) is 9.59 Å². The molecular weight excluding hydrogens is 1900 g/mol. The van der Waals surface area contributed by atoms with Gasteiger partial charge in [0.2, 0.25) is 11.8 Å². The zero-order valence-electron chi connectivity index (χ0n) is 80.8. The molecule has 0 radical (unpaired) electrons. The summed E-state index contributed by atoms with van der Waals surface area (Å²) in [7, 11) is 0. The van der Waals surface area contributed by atoms with E-state index in [0.717, 1.165) is 64.7 Å². The molecule has 2 amide bonds. The third-order valence-electron chi connectivity index (χ3n) is 27.7. The van der Waals surface area contributed by atoms with Crippen molar-refractivity contribution in [2.24, 2.45) is 0 Å². The lowest BCUT2D eigenvalue weighted by Crippen LogP contribution is -2.69. The van der Waals surface area contributed by atoms with Crippen LogP contribution >= 0.6 is 0 Å². The number of allylic oxidation sites excluding steroid dienone is 1. The lowest BCUT2D eigenvalue weighted by atomic mass is 9.94. The van der Waals surface area contributed by atoms with E-state index in [0.29, 0.717) is 12.8 Å². The van der Waals surface area contributed by atoms with Crippen LogP contribution in [0.4, 0.5) is 0 Å². The van der Waals surface area contributed by atoms with Crippen LogP contribution in [0, 0.1) is 0 Å². The van der Waals surface area contributed by atoms with Crippen LogP contribution < -0.4 is 10.6 Å². The molecule has 0 aromatic heterocycles. The second-order valence-electron chi connectivity index (χ2n) is 38.3. The second-order valence-corrected chi connectivity index (χ2v) is 38.3. The molecule has 18 unspecified atom stereocenters. The van der Waals surface area contributed by atoms with E-state index in [2.05, 4.69) is 24.5 Å². The van der Waals surface area contributed by atoms with Gasteiger partial charge in [-0.1, -0.05) is 180 Å². The maximum absolute atomic E-state index is 13.6. The molecule has 0 saturated carbocycles. The largest absolute Gasteiger partial charge is 0.394 e. The van der Waals surface area contributed by atoms with Gasteiger partial charge in [-0.2, -0.15) is 0 Å². The van der Waals surface area contributed by atoms with E-state index < -0.39 is 360 Å². The third-order valence-corrected chi connectivity index (χ3v) is 27.7. The van der Waals surface area contributed by atoms with Crippen LogP contribution in [0.2, 0.25) is 0 Å². The Balaban J connectivity index is 0.808. The Bertz CT molecular complexity index is 3480. The number of unbranched alkanes of at least 4 members (excludes halogenated alkanes) is 25. The number of carbonyl (C=O) groups is 2. The first-order valence-corrected chi connectivity index (χ1v) is 50.5. The molecule has 830 valence electrons. The molecule has 0 bridgehead atoms. The summed E-state index contributed by atoms with van der Waals surface area (Å²) >= 11 is 0. The summed E-state index contributed by atoms with van der Waals surface area (Å²) in [4.78, 5) is 25.8. The Hall–Kier alpha value is -3.16. The Kier molecular flexibility index (Phi) is 53.5. The Morgan fingerprint density at radius 3 is 0.810 bits per heavy atom. The van der Waals surface area contributed by atoms with Crippen LogP contribution in [-0.4, -0.2) is 509 Å². The number of aliphatic hydroxyl groups excluding tert-OH is 28. The molecular formula is C92H164N2O48. The molecule has 50 nitrogen and oxygen atoms in total. The molecule has 9 aliphatic heterocycles. The summed E-state index contributed by atoms with van der Waals surface area (Å²) in [5, 5.41) is 321. The molecule has 142 heavy (non-hydrogen) atoms. The smallest absolute Gasteiger partial charge is 0.220 e. The van der Waals surface area contributed by atoms with Gasteiger partial charge in [-0.25, -0.2) is 0 Å². The number of aliphatic hydroxyl groups is 28. The summed E-state index contributed by atoms with van der Waals surface area (Å²) in [5.74, 6) is -1.16. The molecule has 9 heterocycles. The molecule has 47 atom stereocenters. The monoisotopic (exact) mass is 2070 g/mol. The topological polar surface area (TPSA) is 791 Å². The van der Waals surface area contributed by atoms with E-state index in [9.17, 15) is 153 Å². The molecule has 30 N–H and O–H groups in total. The van der Waals surface area contributed by atoms with Gasteiger partial charge < -0.3 is 239 Å². The van der Waals surface area contributed by atoms with Gasteiger partial charge in [0.25, 0.3) is 0 Å². The van der Waals surface area contributed by atoms with Gasteiger partial charge in [0.05, 0.1) is 78.2 Å². The zero-order valence-corrected chi connectivity index (χ0v) is 80.8. The van der Waals surface area contributed by atoms with Crippen LogP contribution in [0.25, 0.3) is 0 Å². The standard InChI is InChI=1S/C92H164N2O48/c1-4-6-8-10-12-14-16-18-19-21-23-25-27-29-31-33-56(106)94-45(46(105)32-30-28-26-24-22-20-17-15-13-11-9-7-5-2)43-125-85-68(117)66(115)76(54(41-102)133-85)135-86-69(118)67(116)77(55(42-103)134-86)136-87-71(120)79(60(109)49(36-97)127-87)138-89-73(122)81(62(111)51(38-99)129-89)140-91-75(124)83(64(113)53(40-101)131-91)142-92-74(123)82(63(112)52(39-100)132-92)141-90-72(121)80(61(110)50(37-98)130-90)139-88-70(119)78(59(108)48(35-96)128-88)137-84-57(93-44(3)104)65(114)58(107)47(34-95)126-84/h30,32,45-55,57-92,95-103,105,107-124H,4-29,31,33-43H2,1-3H3,(H,93,104)(H,94,106)/b32-30+/t45-,46+,47?,48?,49?,50?,51?,52?,53?,54?,55?,57?,58-,59-,60-,61-,62-,63-,64-,65+,66+,67+,68?,69?,70?,71?,72?,73?,74?,75?,76+,77-,78-,79-,80-,81-,82-,83-,84-,85+,86-,87-,88+,89+,90+,91+,92+/m0/s1. The van der Waals surface area contributed by atoms with Crippen LogP contribution in [0.15, 0.2) is 12.2 Å². The fourth-order valence-corrected chi connectivity index (χ4v) is 19.1. The molecule has 9 aliphatic rings. The van der Waals surface area contributed by atoms with Gasteiger partial charge in [-0.05, 0) is 19.3 Å². The second kappa shape index (κ2) is 62.1. The number of hydrogen-bond donors (Lipinski definition) is 30. The maximum Gasteiger partial charge on any atom is 0.220 e. The predicted molar refractivity (Wildman–Crippen MR) is 480 cm³/mol. The fraction of sp³-hybridized carbons (Fsp3) is 0.957. The minimum Gasteiger partial charge on any atom is -0.394 e. The molecule has 0 spiro atoms. The highest BCUT2D eigenvalue weighted by Crippen LogP contribution is 2.41. The molecule has 0 aromatic carbocycles. The first-order chi connectivity index (χ1) is 68.1. The Morgan fingerprint density at radius 2 is 0.514 bits per heavy atom. The van der Waals surface area contributed by atoms with Crippen molar-refractivity contribution in [3.63, 3.8) is 0 Å². The third kappa shape index (κ3) is 33.2. The minimum atomic E-state index is -2.45. The Labute approximate surface area is 824 Å².